The minimum Gasteiger partial charge on any atom is -0.330 e. The lowest BCUT2D eigenvalue weighted by molar-refractivity contribution is 0.824. The molecule has 4 nitrogen and oxygen atoms in total. The van der Waals surface area contributed by atoms with Gasteiger partial charge in [0.05, 0.1) is 11.7 Å². The van der Waals surface area contributed by atoms with Crippen LogP contribution in [-0.4, -0.2) is 21.3 Å². The molecule has 96 valence electrons. The van der Waals surface area contributed by atoms with Crippen LogP contribution in [0.15, 0.2) is 42.7 Å². The van der Waals surface area contributed by atoms with Crippen LogP contribution in [0, 0.1) is 6.92 Å². The van der Waals surface area contributed by atoms with Crippen molar-refractivity contribution in [2.45, 2.75) is 13.3 Å². The predicted octanol–water partition coefficient (Wildman–Crippen LogP) is 2.23. The second-order valence-electron chi connectivity index (χ2n) is 4.66. The molecule has 0 unspecified atom stereocenters. The highest BCUT2D eigenvalue weighted by Crippen LogP contribution is 2.20. The van der Waals surface area contributed by atoms with E-state index in [0.717, 1.165) is 34.3 Å². The Morgan fingerprint density at radius 1 is 1.26 bits per heavy atom. The van der Waals surface area contributed by atoms with E-state index in [0.29, 0.717) is 6.54 Å². The first-order chi connectivity index (χ1) is 9.28. The highest BCUT2D eigenvalue weighted by Gasteiger charge is 2.09. The molecule has 0 bridgehead atoms. The summed E-state index contributed by atoms with van der Waals surface area (Å²) in [7, 11) is 0. The Labute approximate surface area is 111 Å². The Bertz CT molecular complexity index is 715. The topological polar surface area (TPSA) is 56.7 Å². The van der Waals surface area contributed by atoms with E-state index >= 15 is 0 Å². The van der Waals surface area contributed by atoms with E-state index in [1.807, 2.05) is 42.2 Å². The molecule has 0 amide bonds. The summed E-state index contributed by atoms with van der Waals surface area (Å²) in [6.45, 7) is 2.63. The van der Waals surface area contributed by atoms with Gasteiger partial charge in [0.25, 0.3) is 0 Å². The van der Waals surface area contributed by atoms with Gasteiger partial charge >= 0.3 is 0 Å². The van der Waals surface area contributed by atoms with E-state index in [1.54, 1.807) is 0 Å². The van der Waals surface area contributed by atoms with Crippen molar-refractivity contribution in [3.8, 4) is 5.82 Å². The SMILES string of the molecule is Cc1cnn(-c2nc3ccccc3cc2CCN)c1. The summed E-state index contributed by atoms with van der Waals surface area (Å²) in [5.74, 6) is 0.872. The number of hydrogen-bond acceptors (Lipinski definition) is 3. The van der Waals surface area contributed by atoms with Gasteiger partial charge in [-0.1, -0.05) is 18.2 Å². The molecule has 0 fully saturated rings. The Hall–Kier alpha value is -2.20. The Kier molecular flexibility index (Phi) is 3.01. The smallest absolute Gasteiger partial charge is 0.157 e. The molecule has 0 atom stereocenters. The van der Waals surface area contributed by atoms with E-state index in [-0.39, 0.29) is 0 Å². The average molecular weight is 252 g/mol. The van der Waals surface area contributed by atoms with Gasteiger partial charge < -0.3 is 5.73 Å². The van der Waals surface area contributed by atoms with E-state index in [9.17, 15) is 0 Å². The van der Waals surface area contributed by atoms with E-state index in [4.69, 9.17) is 10.7 Å². The maximum absolute atomic E-state index is 5.70. The molecule has 4 heteroatoms. The summed E-state index contributed by atoms with van der Waals surface area (Å²) in [6, 6.07) is 10.3. The lowest BCUT2D eigenvalue weighted by atomic mass is 10.1. The molecule has 0 saturated heterocycles. The van der Waals surface area contributed by atoms with Crippen molar-refractivity contribution in [1.82, 2.24) is 14.8 Å². The lowest BCUT2D eigenvalue weighted by Crippen LogP contribution is -2.09. The molecule has 3 aromatic rings. The summed E-state index contributed by atoms with van der Waals surface area (Å²) < 4.78 is 1.83. The Morgan fingerprint density at radius 3 is 2.84 bits per heavy atom. The van der Waals surface area contributed by atoms with Crippen molar-refractivity contribution in [2.24, 2.45) is 5.73 Å². The highest BCUT2D eigenvalue weighted by molar-refractivity contribution is 5.80. The van der Waals surface area contributed by atoms with E-state index in [1.165, 1.54) is 0 Å². The first-order valence-electron chi connectivity index (χ1n) is 6.38. The molecule has 0 spiro atoms. The minimum atomic E-state index is 0.604. The van der Waals surface area contributed by atoms with Crippen LogP contribution in [0.25, 0.3) is 16.7 Å². The van der Waals surface area contributed by atoms with Gasteiger partial charge in [0.1, 0.15) is 0 Å². The van der Waals surface area contributed by atoms with Crippen LogP contribution >= 0.6 is 0 Å². The molecule has 2 N–H and O–H groups in total. The second-order valence-corrected chi connectivity index (χ2v) is 4.66. The van der Waals surface area contributed by atoms with Crippen LogP contribution in [0.1, 0.15) is 11.1 Å². The summed E-state index contributed by atoms with van der Waals surface area (Å²) in [4.78, 5) is 4.72. The van der Waals surface area contributed by atoms with Crippen LogP contribution < -0.4 is 5.73 Å². The van der Waals surface area contributed by atoms with Gasteiger partial charge in [0.2, 0.25) is 0 Å². The van der Waals surface area contributed by atoms with Crippen molar-refractivity contribution in [1.29, 1.82) is 0 Å². The number of nitrogens with zero attached hydrogens (tertiary/aromatic N) is 3. The zero-order chi connectivity index (χ0) is 13.2. The molecular weight excluding hydrogens is 236 g/mol. The maximum Gasteiger partial charge on any atom is 0.157 e. The van der Waals surface area contributed by atoms with Crippen LogP contribution in [0.2, 0.25) is 0 Å². The predicted molar refractivity (Wildman–Crippen MR) is 76.4 cm³/mol. The minimum absolute atomic E-state index is 0.604. The molecule has 0 radical (unpaired) electrons. The molecule has 2 aromatic heterocycles. The van der Waals surface area contributed by atoms with Crippen LogP contribution in [0.3, 0.4) is 0 Å². The van der Waals surface area contributed by atoms with Crippen LogP contribution in [0.4, 0.5) is 0 Å². The summed E-state index contributed by atoms with van der Waals surface area (Å²) in [5, 5.41) is 5.49. The molecule has 1 aromatic carbocycles. The van der Waals surface area contributed by atoms with Gasteiger partial charge in [-0.2, -0.15) is 5.10 Å². The molecule has 0 aliphatic carbocycles. The van der Waals surface area contributed by atoms with Gasteiger partial charge in [-0.15, -0.1) is 0 Å². The quantitative estimate of drug-likeness (QED) is 0.777. The number of aryl methyl sites for hydroxylation is 1. The van der Waals surface area contributed by atoms with Gasteiger partial charge in [-0.05, 0) is 43.1 Å². The normalized spacial score (nSPS) is 11.1. The standard InChI is InChI=1S/C15H16N4/c1-11-9-17-19(10-11)15-13(6-7-16)8-12-4-2-3-5-14(12)18-15/h2-5,8-10H,6-7,16H2,1H3. The van der Waals surface area contributed by atoms with Gasteiger partial charge in [0.15, 0.2) is 5.82 Å². The first kappa shape index (κ1) is 11.9. The first-order valence-corrected chi connectivity index (χ1v) is 6.38. The van der Waals surface area contributed by atoms with Crippen molar-refractivity contribution in [2.75, 3.05) is 6.54 Å². The fourth-order valence-electron chi connectivity index (χ4n) is 2.22. The number of nitrogens with two attached hydrogens (primary N) is 1. The molecule has 0 aliphatic heterocycles. The molecule has 3 rings (SSSR count). The summed E-state index contributed by atoms with van der Waals surface area (Å²) in [6.07, 6.45) is 4.62. The van der Waals surface area contributed by atoms with Crippen molar-refractivity contribution in [3.05, 3.63) is 53.9 Å². The number of benzene rings is 1. The van der Waals surface area contributed by atoms with Gasteiger partial charge in [-0.3, -0.25) is 0 Å². The van der Waals surface area contributed by atoms with Crippen molar-refractivity contribution >= 4 is 10.9 Å². The number of rotatable bonds is 3. The molecule has 0 saturated carbocycles. The maximum atomic E-state index is 5.70. The van der Waals surface area contributed by atoms with Gasteiger partial charge in [-0.25, -0.2) is 9.67 Å². The summed E-state index contributed by atoms with van der Waals surface area (Å²) >= 11 is 0. The fraction of sp³-hybridized carbons (Fsp3) is 0.200. The Morgan fingerprint density at radius 2 is 2.11 bits per heavy atom. The fourth-order valence-corrected chi connectivity index (χ4v) is 2.22. The third-order valence-corrected chi connectivity index (χ3v) is 3.12. The number of pyridine rings is 1. The lowest BCUT2D eigenvalue weighted by Gasteiger charge is -2.09. The molecule has 19 heavy (non-hydrogen) atoms. The second kappa shape index (κ2) is 4.82. The van der Waals surface area contributed by atoms with Crippen molar-refractivity contribution in [3.63, 3.8) is 0 Å². The zero-order valence-corrected chi connectivity index (χ0v) is 10.9. The van der Waals surface area contributed by atoms with Crippen LogP contribution in [-0.2, 0) is 6.42 Å². The highest BCUT2D eigenvalue weighted by atomic mass is 15.3. The number of fused-ring (bicyclic) bond motifs is 1. The average Bonchev–Trinajstić information content (AvgIpc) is 2.85. The molecule has 0 aliphatic rings. The van der Waals surface area contributed by atoms with E-state index < -0.39 is 0 Å². The number of para-hydroxylation sites is 1. The number of aromatic nitrogens is 3. The number of hydrogen-bond donors (Lipinski definition) is 1. The van der Waals surface area contributed by atoms with Crippen molar-refractivity contribution < 1.29 is 0 Å². The molecular formula is C15H16N4. The third-order valence-electron chi connectivity index (χ3n) is 3.12. The van der Waals surface area contributed by atoms with Crippen LogP contribution in [0.5, 0.6) is 0 Å². The van der Waals surface area contributed by atoms with Gasteiger partial charge in [0, 0.05) is 11.6 Å². The monoisotopic (exact) mass is 252 g/mol. The molecule has 2 heterocycles. The van der Waals surface area contributed by atoms with E-state index in [2.05, 4.69) is 17.2 Å². The largest absolute Gasteiger partial charge is 0.330 e. The Balaban J connectivity index is 2.22. The summed E-state index contributed by atoms with van der Waals surface area (Å²) in [5.41, 5.74) is 8.93. The zero-order valence-electron chi connectivity index (χ0n) is 10.9. The third kappa shape index (κ3) is 2.22.